The Morgan fingerprint density at radius 2 is 1.87 bits per heavy atom. The largest absolute Gasteiger partial charge is 0.467 e. The van der Waals surface area contributed by atoms with Gasteiger partial charge in [-0.1, -0.05) is 6.07 Å². The van der Waals surface area contributed by atoms with Crippen LogP contribution >= 0.6 is 0 Å². The molecule has 0 heterocycles. The highest BCUT2D eigenvalue weighted by atomic mass is 19.1. The van der Waals surface area contributed by atoms with Crippen LogP contribution in [0, 0.1) is 11.6 Å². The quantitative estimate of drug-likeness (QED) is 0.825. The van der Waals surface area contributed by atoms with Crippen LogP contribution in [0.25, 0.3) is 0 Å². The van der Waals surface area contributed by atoms with Crippen molar-refractivity contribution >= 4 is 12.1 Å². The van der Waals surface area contributed by atoms with E-state index in [-0.39, 0.29) is 5.56 Å². The molecule has 2 N–H and O–H groups in total. The van der Waals surface area contributed by atoms with Gasteiger partial charge >= 0.3 is 12.1 Å². The van der Waals surface area contributed by atoms with E-state index >= 15 is 0 Å². The summed E-state index contributed by atoms with van der Waals surface area (Å²) in [6.07, 6.45) is -2.87. The van der Waals surface area contributed by atoms with E-state index in [0.29, 0.717) is 6.07 Å². The number of carbonyl (C=O) groups excluding carboxylic acids is 2. The third kappa shape index (κ3) is 5.48. The fraction of sp³-hybridized carbons (Fsp3) is 0.467. The molecular weight excluding hydrogens is 312 g/mol. The Bertz CT molecular complexity index is 586. The maximum atomic E-state index is 13.9. The number of benzene rings is 1. The van der Waals surface area contributed by atoms with Gasteiger partial charge in [-0.15, -0.1) is 0 Å². The zero-order chi connectivity index (χ0) is 17.8. The summed E-state index contributed by atoms with van der Waals surface area (Å²) in [6, 6.07) is 1.02. The molecule has 0 radical (unpaired) electrons. The van der Waals surface area contributed by atoms with Gasteiger partial charge in [-0.3, -0.25) is 0 Å². The van der Waals surface area contributed by atoms with Gasteiger partial charge in [-0.2, -0.15) is 0 Å². The van der Waals surface area contributed by atoms with Crippen LogP contribution < -0.4 is 5.32 Å². The number of hydrogen-bond donors (Lipinski definition) is 2. The fourth-order valence-corrected chi connectivity index (χ4v) is 1.77. The Kier molecular flexibility index (Phi) is 6.03. The summed E-state index contributed by atoms with van der Waals surface area (Å²) in [4.78, 5) is 23.4. The van der Waals surface area contributed by atoms with Crippen molar-refractivity contribution in [1.82, 2.24) is 5.32 Å². The van der Waals surface area contributed by atoms with Gasteiger partial charge < -0.3 is 19.9 Å². The number of halogens is 2. The smallest absolute Gasteiger partial charge is 0.408 e. The van der Waals surface area contributed by atoms with Crippen LogP contribution in [0.3, 0.4) is 0 Å². The number of aliphatic hydroxyl groups excluding tert-OH is 1. The number of hydrogen-bond acceptors (Lipinski definition) is 5. The van der Waals surface area contributed by atoms with Crippen molar-refractivity contribution in [2.75, 3.05) is 7.11 Å². The number of amides is 1. The summed E-state index contributed by atoms with van der Waals surface area (Å²) in [7, 11) is 1.02. The minimum absolute atomic E-state index is 0.282. The highest BCUT2D eigenvalue weighted by Gasteiger charge is 2.33. The number of rotatable bonds is 4. The highest BCUT2D eigenvalue weighted by Crippen LogP contribution is 2.23. The number of esters is 1. The van der Waals surface area contributed by atoms with Crippen molar-refractivity contribution in [3.63, 3.8) is 0 Å². The predicted octanol–water partition coefficient (Wildman–Crippen LogP) is 2.06. The van der Waals surface area contributed by atoms with E-state index in [1.807, 2.05) is 0 Å². The average Bonchev–Trinajstić information content (AvgIpc) is 2.42. The maximum Gasteiger partial charge on any atom is 0.408 e. The highest BCUT2D eigenvalue weighted by molar-refractivity contribution is 5.77. The molecular formula is C15H19F2NO5. The van der Waals surface area contributed by atoms with Crippen molar-refractivity contribution in [2.45, 2.75) is 38.5 Å². The first-order valence-corrected chi connectivity index (χ1v) is 6.75. The Morgan fingerprint density at radius 1 is 1.26 bits per heavy atom. The van der Waals surface area contributed by atoms with Crippen molar-refractivity contribution in [1.29, 1.82) is 0 Å². The first-order chi connectivity index (χ1) is 10.5. The van der Waals surface area contributed by atoms with Crippen LogP contribution in [0.5, 0.6) is 0 Å². The SMILES string of the molecule is COC(=O)C(O)C(NC(=O)OC(C)(C)C)c1ccc(F)cc1F. The summed E-state index contributed by atoms with van der Waals surface area (Å²) in [6.45, 7) is 4.82. The molecule has 0 saturated carbocycles. The molecule has 8 heteroatoms. The van der Waals surface area contributed by atoms with E-state index in [1.54, 1.807) is 20.8 Å². The molecule has 2 unspecified atom stereocenters. The van der Waals surface area contributed by atoms with Gasteiger partial charge in [0.15, 0.2) is 6.10 Å². The number of carbonyl (C=O) groups is 2. The van der Waals surface area contributed by atoms with Crippen molar-refractivity contribution < 1.29 is 33.0 Å². The summed E-state index contributed by atoms with van der Waals surface area (Å²) in [5.41, 5.74) is -1.12. The van der Waals surface area contributed by atoms with Gasteiger partial charge in [0.1, 0.15) is 17.2 Å². The number of ether oxygens (including phenoxy) is 2. The Balaban J connectivity index is 3.12. The zero-order valence-corrected chi connectivity index (χ0v) is 13.2. The normalized spacial score (nSPS) is 13.9. The fourth-order valence-electron chi connectivity index (χ4n) is 1.77. The maximum absolute atomic E-state index is 13.9. The molecule has 0 aliphatic heterocycles. The van der Waals surface area contributed by atoms with Crippen LogP contribution in [0.1, 0.15) is 32.4 Å². The number of aliphatic hydroxyl groups is 1. The molecule has 1 rings (SSSR count). The Morgan fingerprint density at radius 3 is 2.35 bits per heavy atom. The molecule has 0 spiro atoms. The third-order valence-electron chi connectivity index (χ3n) is 2.73. The van der Waals surface area contributed by atoms with Gasteiger partial charge in [0.05, 0.1) is 13.2 Å². The van der Waals surface area contributed by atoms with E-state index in [0.717, 1.165) is 19.2 Å². The Hall–Kier alpha value is -2.22. The lowest BCUT2D eigenvalue weighted by atomic mass is 10.0. The zero-order valence-electron chi connectivity index (χ0n) is 13.2. The van der Waals surface area contributed by atoms with E-state index in [2.05, 4.69) is 10.1 Å². The number of nitrogens with one attached hydrogen (secondary N) is 1. The molecule has 0 saturated heterocycles. The van der Waals surface area contributed by atoms with Gasteiger partial charge in [-0.25, -0.2) is 18.4 Å². The van der Waals surface area contributed by atoms with Gasteiger partial charge in [0.25, 0.3) is 0 Å². The molecule has 128 valence electrons. The minimum atomic E-state index is -1.90. The van der Waals surface area contributed by atoms with Crippen LogP contribution in [0.4, 0.5) is 13.6 Å². The third-order valence-corrected chi connectivity index (χ3v) is 2.73. The van der Waals surface area contributed by atoms with Gasteiger partial charge in [0.2, 0.25) is 0 Å². The second-order valence-electron chi connectivity index (χ2n) is 5.76. The molecule has 1 aromatic rings. The monoisotopic (exact) mass is 331 g/mol. The predicted molar refractivity (Wildman–Crippen MR) is 76.5 cm³/mol. The second-order valence-corrected chi connectivity index (χ2v) is 5.76. The summed E-state index contributed by atoms with van der Waals surface area (Å²) < 4.78 is 36.3. The van der Waals surface area contributed by atoms with Gasteiger partial charge in [-0.05, 0) is 26.8 Å². The van der Waals surface area contributed by atoms with Crippen LogP contribution in [-0.2, 0) is 14.3 Å². The van der Waals surface area contributed by atoms with E-state index in [1.165, 1.54) is 0 Å². The van der Waals surface area contributed by atoms with Crippen molar-refractivity contribution in [3.05, 3.63) is 35.4 Å². The van der Waals surface area contributed by atoms with E-state index in [9.17, 15) is 23.5 Å². The first kappa shape index (κ1) is 18.8. The minimum Gasteiger partial charge on any atom is -0.467 e. The Labute approximate surface area is 132 Å². The lowest BCUT2D eigenvalue weighted by molar-refractivity contribution is -0.152. The molecule has 1 aromatic carbocycles. The molecule has 2 atom stereocenters. The molecule has 0 aliphatic rings. The summed E-state index contributed by atoms with van der Waals surface area (Å²) >= 11 is 0. The second kappa shape index (κ2) is 7.36. The molecule has 1 amide bonds. The average molecular weight is 331 g/mol. The molecule has 0 fully saturated rings. The van der Waals surface area contributed by atoms with Crippen LogP contribution in [0.2, 0.25) is 0 Å². The van der Waals surface area contributed by atoms with Crippen molar-refractivity contribution in [2.24, 2.45) is 0 Å². The van der Waals surface area contributed by atoms with Crippen LogP contribution in [0.15, 0.2) is 18.2 Å². The van der Waals surface area contributed by atoms with Crippen molar-refractivity contribution in [3.8, 4) is 0 Å². The number of methoxy groups -OCH3 is 1. The first-order valence-electron chi connectivity index (χ1n) is 6.75. The number of alkyl carbamates (subject to hydrolysis) is 1. The standard InChI is InChI=1S/C15H19F2NO5/c1-15(2,3)23-14(21)18-11(12(19)13(20)22-4)9-6-5-8(16)7-10(9)17/h5-7,11-12,19H,1-4H3,(H,18,21). The molecule has 0 aromatic heterocycles. The summed E-state index contributed by atoms with van der Waals surface area (Å²) in [5.74, 6) is -2.96. The molecule has 0 bridgehead atoms. The lowest BCUT2D eigenvalue weighted by Crippen LogP contribution is -2.43. The van der Waals surface area contributed by atoms with Crippen LogP contribution in [-0.4, -0.2) is 36.0 Å². The summed E-state index contributed by atoms with van der Waals surface area (Å²) in [5, 5.41) is 12.2. The lowest BCUT2D eigenvalue weighted by Gasteiger charge is -2.26. The molecule has 23 heavy (non-hydrogen) atoms. The van der Waals surface area contributed by atoms with Gasteiger partial charge in [0, 0.05) is 11.6 Å². The molecule has 0 aliphatic carbocycles. The topological polar surface area (TPSA) is 84.9 Å². The van der Waals surface area contributed by atoms with E-state index < -0.39 is 41.4 Å². The van der Waals surface area contributed by atoms with E-state index in [4.69, 9.17) is 4.74 Å². The molecule has 6 nitrogen and oxygen atoms in total.